The van der Waals surface area contributed by atoms with Crippen molar-refractivity contribution in [1.29, 1.82) is 0 Å². The van der Waals surface area contributed by atoms with Gasteiger partial charge in [0.05, 0.1) is 0 Å². The van der Waals surface area contributed by atoms with Crippen molar-refractivity contribution < 1.29 is 9.50 Å². The summed E-state index contributed by atoms with van der Waals surface area (Å²) in [6.07, 6.45) is 0. The fourth-order valence-corrected chi connectivity index (χ4v) is 1.57. The molecule has 1 N–H and O–H groups in total. The van der Waals surface area contributed by atoms with Crippen LogP contribution in [-0.2, 0) is 0 Å². The number of halogens is 1. The molecule has 2 rings (SSSR count). The lowest BCUT2D eigenvalue weighted by atomic mass is 10.0. The van der Waals surface area contributed by atoms with Crippen LogP contribution in [0, 0.1) is 12.7 Å². The molecule has 0 atom stereocenters. The summed E-state index contributed by atoms with van der Waals surface area (Å²) in [6.45, 7) is 1.80. The summed E-state index contributed by atoms with van der Waals surface area (Å²) in [4.78, 5) is 0. The number of benzene rings is 2. The van der Waals surface area contributed by atoms with E-state index in [9.17, 15) is 9.50 Å². The smallest absolute Gasteiger partial charge is 0.165 e. The van der Waals surface area contributed by atoms with E-state index < -0.39 is 5.82 Å². The van der Waals surface area contributed by atoms with Crippen LogP contribution >= 0.6 is 0 Å². The number of hydrogen-bond acceptors (Lipinski definition) is 1. The maximum absolute atomic E-state index is 13.3. The summed E-state index contributed by atoms with van der Waals surface area (Å²) < 4.78 is 13.3. The summed E-state index contributed by atoms with van der Waals surface area (Å²) in [5.74, 6) is -0.861. The minimum Gasteiger partial charge on any atom is -0.504 e. The van der Waals surface area contributed by atoms with Gasteiger partial charge in [0.2, 0.25) is 0 Å². The molecule has 1 nitrogen and oxygen atoms in total. The molecule has 0 aliphatic heterocycles. The summed E-state index contributed by atoms with van der Waals surface area (Å²) in [7, 11) is 0. The van der Waals surface area contributed by atoms with Crippen LogP contribution in [0.1, 0.15) is 5.56 Å². The van der Waals surface area contributed by atoms with E-state index in [1.807, 2.05) is 30.3 Å². The molecule has 0 aliphatic rings. The second kappa shape index (κ2) is 3.73. The van der Waals surface area contributed by atoms with Gasteiger partial charge in [0.25, 0.3) is 0 Å². The van der Waals surface area contributed by atoms with Gasteiger partial charge in [-0.2, -0.15) is 0 Å². The molecule has 2 heteroatoms. The van der Waals surface area contributed by atoms with Crippen LogP contribution in [0.5, 0.6) is 5.75 Å². The van der Waals surface area contributed by atoms with Crippen molar-refractivity contribution in [2.45, 2.75) is 6.92 Å². The second-order valence-electron chi connectivity index (χ2n) is 3.51. The molecule has 0 aromatic heterocycles. The Hall–Kier alpha value is -1.83. The highest BCUT2D eigenvalue weighted by Crippen LogP contribution is 2.32. The van der Waals surface area contributed by atoms with Crippen LogP contribution in [0.4, 0.5) is 4.39 Å². The summed E-state index contributed by atoms with van der Waals surface area (Å²) >= 11 is 0. The summed E-state index contributed by atoms with van der Waals surface area (Å²) in [5, 5.41) is 9.60. The SMILES string of the molecule is Cc1cc(F)c(O)c(-c2ccccc2)c1. The van der Waals surface area contributed by atoms with Gasteiger partial charge in [0.15, 0.2) is 11.6 Å². The molecular weight excluding hydrogens is 191 g/mol. The van der Waals surface area contributed by atoms with Crippen LogP contribution in [0.2, 0.25) is 0 Å². The zero-order valence-electron chi connectivity index (χ0n) is 8.37. The molecule has 0 amide bonds. The van der Waals surface area contributed by atoms with Crippen molar-refractivity contribution >= 4 is 0 Å². The number of rotatable bonds is 1. The van der Waals surface area contributed by atoms with Gasteiger partial charge in [0.1, 0.15) is 0 Å². The topological polar surface area (TPSA) is 20.2 Å². The van der Waals surface area contributed by atoms with Gasteiger partial charge in [0, 0.05) is 5.56 Å². The zero-order chi connectivity index (χ0) is 10.8. The highest BCUT2D eigenvalue weighted by atomic mass is 19.1. The lowest BCUT2D eigenvalue weighted by Crippen LogP contribution is -1.85. The fraction of sp³-hybridized carbons (Fsp3) is 0.0769. The monoisotopic (exact) mass is 202 g/mol. The predicted octanol–water partition coefficient (Wildman–Crippen LogP) is 3.51. The molecule has 0 heterocycles. The van der Waals surface area contributed by atoms with Crippen molar-refractivity contribution in [3.8, 4) is 16.9 Å². The van der Waals surface area contributed by atoms with Crippen molar-refractivity contribution in [3.63, 3.8) is 0 Å². The lowest BCUT2D eigenvalue weighted by molar-refractivity contribution is 0.434. The Bertz CT molecular complexity index is 477. The summed E-state index contributed by atoms with van der Waals surface area (Å²) in [5.41, 5.74) is 2.15. The number of phenolic OH excluding ortho intramolecular Hbond substituents is 1. The van der Waals surface area contributed by atoms with Crippen molar-refractivity contribution in [2.24, 2.45) is 0 Å². The molecule has 0 unspecified atom stereocenters. The first-order chi connectivity index (χ1) is 7.18. The van der Waals surface area contributed by atoms with E-state index in [4.69, 9.17) is 0 Å². The van der Waals surface area contributed by atoms with Crippen molar-refractivity contribution in [2.75, 3.05) is 0 Å². The first-order valence-electron chi connectivity index (χ1n) is 4.73. The van der Waals surface area contributed by atoms with Gasteiger partial charge < -0.3 is 5.11 Å². The molecule has 15 heavy (non-hydrogen) atoms. The van der Waals surface area contributed by atoms with Crippen LogP contribution in [0.25, 0.3) is 11.1 Å². The van der Waals surface area contributed by atoms with Crippen LogP contribution < -0.4 is 0 Å². The van der Waals surface area contributed by atoms with E-state index in [-0.39, 0.29) is 5.75 Å². The third-order valence-corrected chi connectivity index (χ3v) is 2.29. The van der Waals surface area contributed by atoms with Crippen molar-refractivity contribution in [1.82, 2.24) is 0 Å². The number of aromatic hydroxyl groups is 1. The average molecular weight is 202 g/mol. The van der Waals surface area contributed by atoms with Gasteiger partial charge >= 0.3 is 0 Å². The molecule has 0 spiro atoms. The van der Waals surface area contributed by atoms with E-state index in [0.717, 1.165) is 11.1 Å². The molecule has 0 saturated carbocycles. The highest BCUT2D eigenvalue weighted by Gasteiger charge is 2.09. The first-order valence-corrected chi connectivity index (χ1v) is 4.73. The number of aryl methyl sites for hydroxylation is 1. The Labute approximate surface area is 87.8 Å². The number of hydrogen-bond donors (Lipinski definition) is 1. The lowest BCUT2D eigenvalue weighted by Gasteiger charge is -2.06. The maximum Gasteiger partial charge on any atom is 0.165 e. The molecule has 76 valence electrons. The van der Waals surface area contributed by atoms with Crippen LogP contribution in [-0.4, -0.2) is 5.11 Å². The van der Waals surface area contributed by atoms with E-state index in [0.29, 0.717) is 5.56 Å². The molecular formula is C13H11FO. The Morgan fingerprint density at radius 1 is 1.07 bits per heavy atom. The van der Waals surface area contributed by atoms with Crippen LogP contribution in [0.15, 0.2) is 42.5 Å². The third kappa shape index (κ3) is 1.84. The minimum absolute atomic E-state index is 0.285. The Morgan fingerprint density at radius 2 is 1.73 bits per heavy atom. The molecule has 2 aromatic carbocycles. The van der Waals surface area contributed by atoms with Gasteiger partial charge in [-0.1, -0.05) is 30.3 Å². The largest absolute Gasteiger partial charge is 0.504 e. The molecule has 0 radical (unpaired) electrons. The minimum atomic E-state index is -0.575. The number of phenols is 1. The third-order valence-electron chi connectivity index (χ3n) is 2.29. The zero-order valence-corrected chi connectivity index (χ0v) is 8.37. The van der Waals surface area contributed by atoms with Gasteiger partial charge in [-0.25, -0.2) is 4.39 Å². The molecule has 0 aliphatic carbocycles. The highest BCUT2D eigenvalue weighted by molar-refractivity contribution is 5.70. The van der Waals surface area contributed by atoms with Gasteiger partial charge in [-0.3, -0.25) is 0 Å². The maximum atomic E-state index is 13.3. The molecule has 0 bridgehead atoms. The molecule has 0 fully saturated rings. The van der Waals surface area contributed by atoms with Gasteiger partial charge in [-0.05, 0) is 30.2 Å². The Morgan fingerprint density at radius 3 is 2.40 bits per heavy atom. The van der Waals surface area contributed by atoms with E-state index in [2.05, 4.69) is 0 Å². The predicted molar refractivity (Wildman–Crippen MR) is 58.2 cm³/mol. The molecule has 0 saturated heterocycles. The summed E-state index contributed by atoms with van der Waals surface area (Å²) in [6, 6.07) is 12.4. The Kier molecular flexibility index (Phi) is 2.42. The second-order valence-corrected chi connectivity index (χ2v) is 3.51. The van der Waals surface area contributed by atoms with Gasteiger partial charge in [-0.15, -0.1) is 0 Å². The van der Waals surface area contributed by atoms with E-state index in [1.54, 1.807) is 13.0 Å². The first kappa shape index (κ1) is 9.71. The Balaban J connectivity index is 2.63. The standard InChI is InChI=1S/C13H11FO/c1-9-7-11(13(15)12(14)8-9)10-5-3-2-4-6-10/h2-8,15H,1H3. The van der Waals surface area contributed by atoms with Crippen molar-refractivity contribution in [3.05, 3.63) is 53.8 Å². The van der Waals surface area contributed by atoms with E-state index >= 15 is 0 Å². The molecule has 2 aromatic rings. The quantitative estimate of drug-likeness (QED) is 0.750. The normalized spacial score (nSPS) is 10.3. The fourth-order valence-electron chi connectivity index (χ4n) is 1.57. The van der Waals surface area contributed by atoms with E-state index in [1.165, 1.54) is 6.07 Å². The van der Waals surface area contributed by atoms with Crippen LogP contribution in [0.3, 0.4) is 0 Å². The average Bonchev–Trinajstić information content (AvgIpc) is 2.24.